The van der Waals surface area contributed by atoms with Crippen LogP contribution in [-0.4, -0.2) is 52.9 Å². The van der Waals surface area contributed by atoms with Gasteiger partial charge >= 0.3 is 0 Å². The molecule has 0 saturated carbocycles. The summed E-state index contributed by atoms with van der Waals surface area (Å²) in [6.45, 7) is 6.89. The van der Waals surface area contributed by atoms with Crippen LogP contribution in [0.3, 0.4) is 0 Å². The lowest BCUT2D eigenvalue weighted by Gasteiger charge is -2.29. The Kier molecular flexibility index (Phi) is 8.38. The van der Waals surface area contributed by atoms with Crippen molar-refractivity contribution < 1.29 is 23.8 Å². The Morgan fingerprint density at radius 3 is 2.72 bits per heavy atom. The molecule has 176 valence electrons. The monoisotopic (exact) mass is 448 g/mol. The van der Waals surface area contributed by atoms with E-state index in [4.69, 9.17) is 10.1 Å². The third kappa shape index (κ3) is 6.53. The largest absolute Gasteiger partial charge is 0.461 e. The minimum Gasteiger partial charge on any atom is -0.461 e. The number of amidine groups is 1. The van der Waals surface area contributed by atoms with Crippen molar-refractivity contribution in [1.29, 1.82) is 5.41 Å². The number of allylic oxidation sites excluding steroid dienone is 2. The Labute approximate surface area is 188 Å². The summed E-state index contributed by atoms with van der Waals surface area (Å²) in [5.74, 6) is -1.19. The van der Waals surface area contributed by atoms with Gasteiger partial charge in [0.05, 0.1) is 12.1 Å². The summed E-state index contributed by atoms with van der Waals surface area (Å²) in [5.41, 5.74) is -1.19. The van der Waals surface area contributed by atoms with Crippen molar-refractivity contribution in [2.45, 2.75) is 58.6 Å². The molecule has 2 amide bonds. The van der Waals surface area contributed by atoms with Crippen LogP contribution in [0.5, 0.6) is 0 Å². The summed E-state index contributed by atoms with van der Waals surface area (Å²) < 4.78 is 20.6. The van der Waals surface area contributed by atoms with Crippen LogP contribution in [0.15, 0.2) is 47.3 Å². The highest BCUT2D eigenvalue weighted by atomic mass is 19.1. The molecule has 0 aromatic heterocycles. The second-order valence-corrected chi connectivity index (χ2v) is 8.80. The van der Waals surface area contributed by atoms with Gasteiger partial charge in [0.15, 0.2) is 5.83 Å². The van der Waals surface area contributed by atoms with E-state index < -0.39 is 29.3 Å². The number of carbonyl (C=O) groups is 2. The fraction of sp³-hybridized carbons (Fsp3) is 0.522. The molecule has 0 spiro atoms. The number of rotatable bonds is 9. The lowest BCUT2D eigenvalue weighted by atomic mass is 9.91. The van der Waals surface area contributed by atoms with E-state index in [1.54, 1.807) is 13.1 Å². The van der Waals surface area contributed by atoms with Crippen LogP contribution >= 0.6 is 0 Å². The Balaban J connectivity index is 2.15. The van der Waals surface area contributed by atoms with E-state index >= 15 is 0 Å². The second kappa shape index (κ2) is 10.6. The fourth-order valence-corrected chi connectivity index (χ4v) is 3.55. The van der Waals surface area contributed by atoms with Crippen molar-refractivity contribution in [2.24, 2.45) is 5.92 Å². The van der Waals surface area contributed by atoms with Crippen molar-refractivity contribution in [2.75, 3.05) is 13.6 Å². The molecule has 2 aliphatic rings. The van der Waals surface area contributed by atoms with Gasteiger partial charge in [-0.15, -0.1) is 0 Å². The molecule has 9 heteroatoms. The van der Waals surface area contributed by atoms with Crippen LogP contribution in [0.25, 0.3) is 0 Å². The van der Waals surface area contributed by atoms with Crippen LogP contribution < -0.4 is 10.6 Å². The highest BCUT2D eigenvalue weighted by Crippen LogP contribution is 2.35. The van der Waals surface area contributed by atoms with Gasteiger partial charge in [0.25, 0.3) is 5.91 Å². The molecule has 2 rings (SSSR count). The van der Waals surface area contributed by atoms with E-state index in [9.17, 15) is 19.1 Å². The molecule has 1 aliphatic carbocycles. The van der Waals surface area contributed by atoms with Crippen molar-refractivity contribution in [1.82, 2.24) is 15.5 Å². The molecule has 1 heterocycles. The lowest BCUT2D eigenvalue weighted by Crippen LogP contribution is -2.49. The van der Waals surface area contributed by atoms with Crippen LogP contribution in [0.4, 0.5) is 4.39 Å². The topological polar surface area (TPSA) is 115 Å². The third-order valence-electron chi connectivity index (χ3n) is 5.06. The summed E-state index contributed by atoms with van der Waals surface area (Å²) in [6.07, 6.45) is 7.02. The van der Waals surface area contributed by atoms with E-state index in [0.717, 1.165) is 0 Å². The average molecular weight is 449 g/mol. The number of amides is 2. The Morgan fingerprint density at radius 1 is 1.44 bits per heavy atom. The maximum atomic E-state index is 14.9. The van der Waals surface area contributed by atoms with Crippen molar-refractivity contribution in [3.05, 3.63) is 47.3 Å². The number of halogens is 1. The number of nitrogens with zero attached hydrogens (tertiary/aromatic N) is 1. The zero-order valence-electron chi connectivity index (χ0n) is 19.3. The molecular weight excluding hydrogens is 415 g/mol. The summed E-state index contributed by atoms with van der Waals surface area (Å²) in [7, 11) is 1.67. The third-order valence-corrected chi connectivity index (χ3v) is 5.06. The number of nitrogens with one attached hydrogen (secondary N) is 3. The summed E-state index contributed by atoms with van der Waals surface area (Å²) in [6, 6.07) is -0.805. The first-order chi connectivity index (χ1) is 14.9. The van der Waals surface area contributed by atoms with Gasteiger partial charge in [-0.1, -0.05) is 19.9 Å². The smallest absolute Gasteiger partial charge is 0.251 e. The molecular formula is C23H33FN4O4. The van der Waals surface area contributed by atoms with Crippen LogP contribution in [0.2, 0.25) is 0 Å². The summed E-state index contributed by atoms with van der Waals surface area (Å²) >= 11 is 0. The van der Waals surface area contributed by atoms with Crippen molar-refractivity contribution in [3.63, 3.8) is 0 Å². The number of carbonyl (C=O) groups excluding carboxylic acids is 2. The molecule has 0 unspecified atom stereocenters. The van der Waals surface area contributed by atoms with E-state index in [-0.39, 0.29) is 35.4 Å². The molecule has 1 aliphatic heterocycles. The highest BCUT2D eigenvalue weighted by molar-refractivity contribution is 6.05. The maximum absolute atomic E-state index is 14.9. The zero-order chi connectivity index (χ0) is 24.1. The molecule has 8 nitrogen and oxygen atoms in total. The Bertz CT molecular complexity index is 881. The van der Waals surface area contributed by atoms with E-state index in [1.165, 1.54) is 37.1 Å². The molecule has 0 saturated heterocycles. The van der Waals surface area contributed by atoms with Crippen molar-refractivity contribution >= 4 is 17.6 Å². The normalized spacial score (nSPS) is 18.1. The number of aliphatic hydroxyl groups is 1. The van der Waals surface area contributed by atoms with E-state index in [0.29, 0.717) is 19.3 Å². The van der Waals surface area contributed by atoms with E-state index in [2.05, 4.69) is 10.6 Å². The van der Waals surface area contributed by atoms with E-state index in [1.807, 2.05) is 13.8 Å². The van der Waals surface area contributed by atoms with Crippen LogP contribution in [0.1, 0.15) is 47.0 Å². The minimum absolute atomic E-state index is 0.0155. The molecule has 0 radical (unpaired) electrons. The van der Waals surface area contributed by atoms with Gasteiger partial charge in [-0.05, 0) is 44.9 Å². The predicted molar refractivity (Wildman–Crippen MR) is 120 cm³/mol. The first kappa shape index (κ1) is 25.3. The maximum Gasteiger partial charge on any atom is 0.251 e. The van der Waals surface area contributed by atoms with Gasteiger partial charge in [-0.3, -0.25) is 15.0 Å². The lowest BCUT2D eigenvalue weighted by molar-refractivity contribution is -0.135. The van der Waals surface area contributed by atoms with Gasteiger partial charge in [-0.25, -0.2) is 4.39 Å². The number of hydrogen-bond acceptors (Lipinski definition) is 6. The number of hydrogen-bond donors (Lipinski definition) is 4. The van der Waals surface area contributed by atoms with Gasteiger partial charge in [-0.2, -0.15) is 0 Å². The number of ether oxygens (including phenoxy) is 1. The molecule has 0 fully saturated rings. The summed E-state index contributed by atoms with van der Waals surface area (Å²) in [4.78, 5) is 26.9. The van der Waals surface area contributed by atoms with Crippen LogP contribution in [0, 0.1) is 11.3 Å². The van der Waals surface area contributed by atoms with Gasteiger partial charge in [0.2, 0.25) is 5.91 Å². The summed E-state index contributed by atoms with van der Waals surface area (Å²) in [5, 5.41) is 23.3. The first-order valence-electron chi connectivity index (χ1n) is 10.7. The van der Waals surface area contributed by atoms with Gasteiger partial charge in [0.1, 0.15) is 23.4 Å². The SMILES string of the molecule is CN/C=C\C(=N)NC(=O)[C@H](CC(C)C)N1CC(OC2=C(F)C(C(C)(C)O)=CCC2)=CC1=O. The Morgan fingerprint density at radius 2 is 2.12 bits per heavy atom. The minimum atomic E-state index is -1.35. The average Bonchev–Trinajstić information content (AvgIpc) is 3.04. The van der Waals surface area contributed by atoms with Crippen LogP contribution in [-0.2, 0) is 14.3 Å². The molecule has 0 aromatic carbocycles. The van der Waals surface area contributed by atoms with Crippen molar-refractivity contribution in [3.8, 4) is 0 Å². The quantitative estimate of drug-likeness (QED) is 0.320. The zero-order valence-corrected chi connectivity index (χ0v) is 19.3. The molecule has 0 aromatic rings. The Hall–Kier alpha value is -2.94. The predicted octanol–water partition coefficient (Wildman–Crippen LogP) is 2.64. The second-order valence-electron chi connectivity index (χ2n) is 8.80. The standard InChI is InChI=1S/C23H33FN4O4/c1-14(2)11-17(22(30)27-19(25)9-10-26-5)28-13-15(12-20(28)29)32-18-8-6-7-16(21(18)24)23(3,4)31/h7,9-10,12,14,17,26,31H,6,8,11,13H2,1-5H3,(H2,25,27,30)/b10-9-/t17-/m0/s1. The van der Waals surface area contributed by atoms with Gasteiger partial charge in [0, 0.05) is 25.1 Å². The first-order valence-corrected chi connectivity index (χ1v) is 10.7. The highest BCUT2D eigenvalue weighted by Gasteiger charge is 2.36. The molecule has 1 atom stereocenters. The molecule has 0 bridgehead atoms. The fourth-order valence-electron chi connectivity index (χ4n) is 3.55. The molecule has 4 N–H and O–H groups in total. The molecule has 32 heavy (non-hydrogen) atoms. The van der Waals surface area contributed by atoms with Gasteiger partial charge < -0.3 is 25.4 Å².